The summed E-state index contributed by atoms with van der Waals surface area (Å²) in [5.41, 5.74) is 1.24. The van der Waals surface area contributed by atoms with Crippen LogP contribution >= 0.6 is 0 Å². The molecule has 1 aliphatic carbocycles. The Labute approximate surface area is 184 Å². The smallest absolute Gasteiger partial charge is 0.255 e. The lowest BCUT2D eigenvalue weighted by Gasteiger charge is -2.36. The number of benzene rings is 1. The van der Waals surface area contributed by atoms with Crippen molar-refractivity contribution in [3.8, 4) is 11.5 Å². The van der Waals surface area contributed by atoms with E-state index in [1.165, 1.54) is 32.0 Å². The molecule has 2 aromatic rings. The molecule has 7 nitrogen and oxygen atoms in total. The van der Waals surface area contributed by atoms with Crippen LogP contribution in [0.3, 0.4) is 0 Å². The second kappa shape index (κ2) is 10.1. The minimum Gasteiger partial charge on any atom is -0.497 e. The molecule has 1 N–H and O–H groups in total. The van der Waals surface area contributed by atoms with Gasteiger partial charge in [-0.15, -0.1) is 0 Å². The molecule has 1 atom stereocenters. The van der Waals surface area contributed by atoms with E-state index in [1.54, 1.807) is 25.4 Å². The van der Waals surface area contributed by atoms with Crippen LogP contribution < -0.4 is 14.8 Å². The van der Waals surface area contributed by atoms with Crippen molar-refractivity contribution in [1.29, 1.82) is 0 Å². The normalized spacial score (nSPS) is 19.2. The fourth-order valence-electron chi connectivity index (χ4n) is 4.63. The number of piperidine rings is 1. The number of rotatable bonds is 7. The first-order valence-electron chi connectivity index (χ1n) is 11.3. The van der Waals surface area contributed by atoms with Crippen LogP contribution in [-0.2, 0) is 0 Å². The number of aromatic nitrogens is 2. The minimum absolute atomic E-state index is 0.122. The second-order valence-electron chi connectivity index (χ2n) is 8.48. The second-order valence-corrected chi connectivity index (χ2v) is 8.48. The van der Waals surface area contributed by atoms with Gasteiger partial charge in [0, 0.05) is 25.3 Å². The number of methoxy groups -OCH3 is 1. The first-order chi connectivity index (χ1) is 15.1. The van der Waals surface area contributed by atoms with Gasteiger partial charge in [0.2, 0.25) is 0 Å². The summed E-state index contributed by atoms with van der Waals surface area (Å²) in [6.45, 7) is 4.04. The zero-order chi connectivity index (χ0) is 21.6. The van der Waals surface area contributed by atoms with Gasteiger partial charge in [0.25, 0.3) is 5.91 Å². The van der Waals surface area contributed by atoms with Crippen molar-refractivity contribution in [3.05, 3.63) is 48.0 Å². The highest BCUT2D eigenvalue weighted by molar-refractivity contribution is 5.97. The lowest BCUT2D eigenvalue weighted by Crippen LogP contribution is -2.43. The minimum atomic E-state index is -0.246. The largest absolute Gasteiger partial charge is 0.497 e. The Morgan fingerprint density at radius 3 is 2.61 bits per heavy atom. The van der Waals surface area contributed by atoms with Gasteiger partial charge in [-0.1, -0.05) is 12.8 Å². The molecular weight excluding hydrogens is 392 g/mol. The molecule has 4 rings (SSSR count). The SMILES string of the molecule is COc1ccc(OC2CCN(C3CCCC3)CC2)c(C(=O)N[C@H](C)c2ccncn2)c1. The monoisotopic (exact) mass is 424 g/mol. The molecular formula is C24H32N4O3. The summed E-state index contributed by atoms with van der Waals surface area (Å²) < 4.78 is 11.7. The molecule has 1 saturated heterocycles. The summed E-state index contributed by atoms with van der Waals surface area (Å²) in [6, 6.07) is 7.73. The molecule has 2 heterocycles. The van der Waals surface area contributed by atoms with Crippen LogP contribution in [0, 0.1) is 0 Å². The Bertz CT molecular complexity index is 862. The molecule has 1 aliphatic heterocycles. The van der Waals surface area contributed by atoms with E-state index < -0.39 is 0 Å². The maximum Gasteiger partial charge on any atom is 0.255 e. The molecule has 1 amide bonds. The number of hydrogen-bond donors (Lipinski definition) is 1. The molecule has 166 valence electrons. The summed E-state index contributed by atoms with van der Waals surface area (Å²) in [5, 5.41) is 3.01. The fourth-order valence-corrected chi connectivity index (χ4v) is 4.63. The third-order valence-electron chi connectivity index (χ3n) is 6.44. The van der Waals surface area contributed by atoms with Crippen LogP contribution in [0.25, 0.3) is 0 Å². The molecule has 0 spiro atoms. The van der Waals surface area contributed by atoms with Crippen molar-refractivity contribution < 1.29 is 14.3 Å². The van der Waals surface area contributed by atoms with Crippen LogP contribution in [0.2, 0.25) is 0 Å². The van der Waals surface area contributed by atoms with Gasteiger partial charge in [-0.2, -0.15) is 0 Å². The molecule has 0 unspecified atom stereocenters. The topological polar surface area (TPSA) is 76.6 Å². The van der Waals surface area contributed by atoms with Crippen molar-refractivity contribution in [1.82, 2.24) is 20.2 Å². The molecule has 31 heavy (non-hydrogen) atoms. The lowest BCUT2D eigenvalue weighted by atomic mass is 10.0. The van der Waals surface area contributed by atoms with Crippen LogP contribution in [0.1, 0.15) is 67.5 Å². The van der Waals surface area contributed by atoms with E-state index in [0.717, 1.165) is 37.7 Å². The van der Waals surface area contributed by atoms with E-state index in [9.17, 15) is 4.79 Å². The third-order valence-corrected chi connectivity index (χ3v) is 6.44. The van der Waals surface area contributed by atoms with Gasteiger partial charge in [0.1, 0.15) is 23.9 Å². The van der Waals surface area contributed by atoms with E-state index in [0.29, 0.717) is 17.1 Å². The van der Waals surface area contributed by atoms with Gasteiger partial charge in [-0.25, -0.2) is 9.97 Å². The van der Waals surface area contributed by atoms with Crippen molar-refractivity contribution in [3.63, 3.8) is 0 Å². The number of carbonyl (C=O) groups excluding carboxylic acids is 1. The van der Waals surface area contributed by atoms with E-state index >= 15 is 0 Å². The Morgan fingerprint density at radius 1 is 1.16 bits per heavy atom. The zero-order valence-electron chi connectivity index (χ0n) is 18.4. The summed E-state index contributed by atoms with van der Waals surface area (Å²) in [6.07, 6.45) is 10.6. The van der Waals surface area contributed by atoms with Crippen molar-refractivity contribution >= 4 is 5.91 Å². The number of amides is 1. The first kappa shape index (κ1) is 21.6. The number of ether oxygens (including phenoxy) is 2. The lowest BCUT2D eigenvalue weighted by molar-refractivity contribution is 0.0748. The van der Waals surface area contributed by atoms with Gasteiger partial charge in [-0.05, 0) is 56.9 Å². The van der Waals surface area contributed by atoms with Crippen LogP contribution in [-0.4, -0.2) is 53.1 Å². The van der Waals surface area contributed by atoms with E-state index in [4.69, 9.17) is 9.47 Å². The molecule has 1 aromatic heterocycles. The Balaban J connectivity index is 1.42. The average Bonchev–Trinajstić information content (AvgIpc) is 3.35. The summed E-state index contributed by atoms with van der Waals surface area (Å²) in [4.78, 5) is 23.9. The zero-order valence-corrected chi connectivity index (χ0v) is 18.4. The summed E-state index contributed by atoms with van der Waals surface area (Å²) >= 11 is 0. The van der Waals surface area contributed by atoms with Crippen LogP contribution in [0.4, 0.5) is 0 Å². The molecule has 7 heteroatoms. The van der Waals surface area contributed by atoms with Gasteiger partial charge in [0.05, 0.1) is 24.4 Å². The van der Waals surface area contributed by atoms with Gasteiger partial charge in [-0.3, -0.25) is 4.79 Å². The summed E-state index contributed by atoms with van der Waals surface area (Å²) in [7, 11) is 1.60. The van der Waals surface area contributed by atoms with E-state index in [2.05, 4.69) is 20.2 Å². The highest BCUT2D eigenvalue weighted by Crippen LogP contribution is 2.30. The Kier molecular flexibility index (Phi) is 7.02. The maximum absolute atomic E-state index is 13.1. The molecule has 2 fully saturated rings. The molecule has 1 aromatic carbocycles. The van der Waals surface area contributed by atoms with Crippen LogP contribution in [0.5, 0.6) is 11.5 Å². The van der Waals surface area contributed by atoms with Crippen molar-refractivity contribution in [2.24, 2.45) is 0 Å². The average molecular weight is 425 g/mol. The predicted octanol–water partition coefficient (Wildman–Crippen LogP) is 3.76. The molecule has 0 radical (unpaired) electrons. The summed E-state index contributed by atoms with van der Waals surface area (Å²) in [5.74, 6) is 1.03. The number of hydrogen-bond acceptors (Lipinski definition) is 6. The molecule has 1 saturated carbocycles. The predicted molar refractivity (Wildman–Crippen MR) is 118 cm³/mol. The number of nitrogens with zero attached hydrogens (tertiary/aromatic N) is 3. The quantitative estimate of drug-likeness (QED) is 0.729. The van der Waals surface area contributed by atoms with Gasteiger partial charge < -0.3 is 19.7 Å². The number of nitrogens with one attached hydrogen (secondary N) is 1. The van der Waals surface area contributed by atoms with Crippen molar-refractivity contribution in [2.75, 3.05) is 20.2 Å². The molecule has 0 bridgehead atoms. The fraction of sp³-hybridized carbons (Fsp3) is 0.542. The van der Waals surface area contributed by atoms with Gasteiger partial charge in [0.15, 0.2) is 0 Å². The standard InChI is InChI=1S/C24H32N4O3/c1-17(22-9-12-25-16-26-22)27-24(29)21-15-20(30-2)7-8-23(21)31-19-10-13-28(14-11-19)18-5-3-4-6-18/h7-9,12,15-19H,3-6,10-11,13-14H2,1-2H3,(H,27,29)/t17-/m1/s1. The number of likely N-dealkylation sites (tertiary alicyclic amines) is 1. The Morgan fingerprint density at radius 2 is 1.94 bits per heavy atom. The molecule has 2 aliphatic rings. The van der Waals surface area contributed by atoms with Crippen LogP contribution in [0.15, 0.2) is 36.8 Å². The van der Waals surface area contributed by atoms with E-state index in [-0.39, 0.29) is 18.1 Å². The highest BCUT2D eigenvalue weighted by atomic mass is 16.5. The Hall–Kier alpha value is -2.67. The van der Waals surface area contributed by atoms with Crippen molar-refractivity contribution in [2.45, 2.75) is 63.6 Å². The van der Waals surface area contributed by atoms with E-state index in [1.807, 2.05) is 19.1 Å². The van der Waals surface area contributed by atoms with Gasteiger partial charge >= 0.3 is 0 Å². The highest BCUT2D eigenvalue weighted by Gasteiger charge is 2.28. The maximum atomic E-state index is 13.1. The third kappa shape index (κ3) is 5.34. The number of carbonyl (C=O) groups is 1. The first-order valence-corrected chi connectivity index (χ1v) is 11.3.